The van der Waals surface area contributed by atoms with Gasteiger partial charge in [-0.25, -0.2) is 14.5 Å². The molecule has 0 aliphatic rings. The molecular formula is C13H6BrF6N3O2. The molecule has 1 heterocycles. The van der Waals surface area contributed by atoms with Crippen LogP contribution >= 0.6 is 15.9 Å². The molecule has 2 aromatic rings. The van der Waals surface area contributed by atoms with Gasteiger partial charge in [0.2, 0.25) is 0 Å². The highest BCUT2D eigenvalue weighted by atomic mass is 79.9. The standard InChI is InChI=1S/C13H6BrF6N3O2/c14-9(11(24)25)4-23-5-21-10(22-23)6-1-7(12(15,16)17)3-8(2-6)13(18,19)20/h1-5H,(H,24,25). The first kappa shape index (κ1) is 19.0. The summed E-state index contributed by atoms with van der Waals surface area (Å²) in [6.45, 7) is 0. The van der Waals surface area contributed by atoms with Crippen molar-refractivity contribution in [3.05, 3.63) is 40.1 Å². The van der Waals surface area contributed by atoms with E-state index in [4.69, 9.17) is 5.11 Å². The molecule has 0 fully saturated rings. The summed E-state index contributed by atoms with van der Waals surface area (Å²) in [5.41, 5.74) is -3.52. The molecule has 0 atom stereocenters. The van der Waals surface area contributed by atoms with E-state index in [9.17, 15) is 31.1 Å². The molecule has 1 aromatic heterocycles. The number of aliphatic carboxylic acids is 1. The van der Waals surface area contributed by atoms with Gasteiger partial charge in [0.05, 0.1) is 17.3 Å². The fourth-order valence-corrected chi connectivity index (χ4v) is 1.93. The number of alkyl halides is 6. The second-order valence-corrected chi connectivity index (χ2v) is 5.48. The summed E-state index contributed by atoms with van der Waals surface area (Å²) in [4.78, 5) is 14.3. The van der Waals surface area contributed by atoms with E-state index in [1.165, 1.54) is 0 Å². The number of hydrogen-bond donors (Lipinski definition) is 1. The first-order valence-corrected chi connectivity index (χ1v) is 6.99. The minimum absolute atomic E-state index is 0.0125. The van der Waals surface area contributed by atoms with Crippen LogP contribution in [0.25, 0.3) is 17.6 Å². The summed E-state index contributed by atoms with van der Waals surface area (Å²) in [5, 5.41) is 12.3. The number of aromatic nitrogens is 3. The lowest BCUT2D eigenvalue weighted by Crippen LogP contribution is -2.11. The van der Waals surface area contributed by atoms with Gasteiger partial charge in [-0.15, -0.1) is 5.10 Å². The molecule has 134 valence electrons. The summed E-state index contributed by atoms with van der Waals surface area (Å²) in [6.07, 6.45) is -8.13. The molecule has 0 saturated heterocycles. The monoisotopic (exact) mass is 429 g/mol. The Morgan fingerprint density at radius 3 is 2.04 bits per heavy atom. The van der Waals surface area contributed by atoms with E-state index in [-0.39, 0.29) is 10.5 Å². The van der Waals surface area contributed by atoms with Crippen LogP contribution in [0.15, 0.2) is 29.0 Å². The van der Waals surface area contributed by atoms with Crippen molar-refractivity contribution >= 4 is 28.1 Å². The molecule has 0 bridgehead atoms. The Morgan fingerprint density at radius 2 is 1.60 bits per heavy atom. The van der Waals surface area contributed by atoms with Crippen molar-refractivity contribution < 1.29 is 36.2 Å². The Balaban J connectivity index is 2.54. The van der Waals surface area contributed by atoms with E-state index in [1.807, 2.05) is 0 Å². The quantitative estimate of drug-likeness (QED) is 0.584. The number of hydrogen-bond acceptors (Lipinski definition) is 3. The number of benzene rings is 1. The average molecular weight is 430 g/mol. The van der Waals surface area contributed by atoms with E-state index >= 15 is 0 Å². The molecule has 0 amide bonds. The normalized spacial score (nSPS) is 13.2. The maximum absolute atomic E-state index is 12.8. The Labute approximate surface area is 143 Å². The topological polar surface area (TPSA) is 68.0 Å². The van der Waals surface area contributed by atoms with Gasteiger partial charge in [0.1, 0.15) is 10.8 Å². The fraction of sp³-hybridized carbons (Fsp3) is 0.154. The largest absolute Gasteiger partial charge is 0.477 e. The zero-order valence-corrected chi connectivity index (χ0v) is 13.3. The number of rotatable bonds is 3. The molecule has 0 aliphatic heterocycles. The van der Waals surface area contributed by atoms with Gasteiger partial charge in [0.15, 0.2) is 5.82 Å². The van der Waals surface area contributed by atoms with E-state index in [2.05, 4.69) is 26.0 Å². The zero-order chi connectivity index (χ0) is 19.0. The minimum Gasteiger partial charge on any atom is -0.477 e. The van der Waals surface area contributed by atoms with Gasteiger partial charge in [-0.2, -0.15) is 26.3 Å². The lowest BCUT2D eigenvalue weighted by Gasteiger charge is -2.13. The van der Waals surface area contributed by atoms with Crippen LogP contribution in [-0.4, -0.2) is 25.8 Å². The van der Waals surface area contributed by atoms with Crippen molar-refractivity contribution in [2.45, 2.75) is 12.4 Å². The highest BCUT2D eigenvalue weighted by molar-refractivity contribution is 9.12. The number of nitrogens with zero attached hydrogens (tertiary/aromatic N) is 3. The first-order chi connectivity index (χ1) is 11.4. The van der Waals surface area contributed by atoms with Crippen LogP contribution in [0.4, 0.5) is 26.3 Å². The first-order valence-electron chi connectivity index (χ1n) is 6.19. The summed E-state index contributed by atoms with van der Waals surface area (Å²) in [7, 11) is 0. The fourth-order valence-electron chi connectivity index (χ4n) is 1.72. The van der Waals surface area contributed by atoms with Crippen LogP contribution in [0.3, 0.4) is 0 Å². The SMILES string of the molecule is O=C(O)C(Br)=Cn1cnc(-c2cc(C(F)(F)F)cc(C(F)(F)F)c2)n1. The average Bonchev–Trinajstić information content (AvgIpc) is 2.93. The summed E-state index contributed by atoms with van der Waals surface area (Å²) in [5.74, 6) is -1.78. The minimum atomic E-state index is -5.00. The molecule has 1 aromatic carbocycles. The van der Waals surface area contributed by atoms with Crippen molar-refractivity contribution in [3.63, 3.8) is 0 Å². The van der Waals surface area contributed by atoms with E-state index in [0.717, 1.165) is 17.2 Å². The molecule has 2 rings (SSSR count). The number of carboxylic acid groups (broad SMARTS) is 1. The molecule has 0 unspecified atom stereocenters. The molecule has 1 N–H and O–H groups in total. The van der Waals surface area contributed by atoms with Crippen LogP contribution < -0.4 is 0 Å². The molecule has 0 saturated carbocycles. The molecule has 25 heavy (non-hydrogen) atoms. The lowest BCUT2D eigenvalue weighted by molar-refractivity contribution is -0.143. The molecule has 0 spiro atoms. The smallest absolute Gasteiger partial charge is 0.416 e. The molecular weight excluding hydrogens is 424 g/mol. The van der Waals surface area contributed by atoms with Crippen LogP contribution in [0.1, 0.15) is 11.1 Å². The van der Waals surface area contributed by atoms with Gasteiger partial charge in [-0.3, -0.25) is 0 Å². The highest BCUT2D eigenvalue weighted by Gasteiger charge is 2.37. The van der Waals surface area contributed by atoms with Gasteiger partial charge in [-0.1, -0.05) is 0 Å². The van der Waals surface area contributed by atoms with E-state index in [0.29, 0.717) is 12.1 Å². The third-order valence-electron chi connectivity index (χ3n) is 2.80. The number of carboxylic acids is 1. The molecule has 5 nitrogen and oxygen atoms in total. The Bertz CT molecular complexity index is 809. The Hall–Kier alpha value is -2.37. The van der Waals surface area contributed by atoms with Gasteiger partial charge >= 0.3 is 18.3 Å². The number of carbonyl (C=O) groups is 1. The summed E-state index contributed by atoms with van der Waals surface area (Å²) >= 11 is 2.70. The van der Waals surface area contributed by atoms with Gasteiger partial charge in [0, 0.05) is 5.56 Å². The van der Waals surface area contributed by atoms with Crippen molar-refractivity contribution in [2.75, 3.05) is 0 Å². The third kappa shape index (κ3) is 4.59. The van der Waals surface area contributed by atoms with E-state index < -0.39 is 40.8 Å². The van der Waals surface area contributed by atoms with Crippen LogP contribution in [0.5, 0.6) is 0 Å². The van der Waals surface area contributed by atoms with Crippen LogP contribution in [0.2, 0.25) is 0 Å². The van der Waals surface area contributed by atoms with Crippen molar-refractivity contribution in [2.24, 2.45) is 0 Å². The number of halogens is 7. The maximum Gasteiger partial charge on any atom is 0.416 e. The maximum atomic E-state index is 12.8. The van der Waals surface area contributed by atoms with Crippen LogP contribution in [-0.2, 0) is 17.1 Å². The second kappa shape index (κ2) is 6.50. The van der Waals surface area contributed by atoms with Gasteiger partial charge < -0.3 is 5.11 Å². The molecule has 0 aliphatic carbocycles. The van der Waals surface area contributed by atoms with Gasteiger partial charge in [0.25, 0.3) is 0 Å². The zero-order valence-electron chi connectivity index (χ0n) is 11.7. The van der Waals surface area contributed by atoms with Crippen molar-refractivity contribution in [3.8, 4) is 11.4 Å². The van der Waals surface area contributed by atoms with Crippen LogP contribution in [0, 0.1) is 0 Å². The van der Waals surface area contributed by atoms with Gasteiger partial charge in [-0.05, 0) is 34.1 Å². The lowest BCUT2D eigenvalue weighted by atomic mass is 10.0. The van der Waals surface area contributed by atoms with Crippen molar-refractivity contribution in [1.29, 1.82) is 0 Å². The third-order valence-corrected chi connectivity index (χ3v) is 3.35. The van der Waals surface area contributed by atoms with Crippen molar-refractivity contribution in [1.82, 2.24) is 14.8 Å². The van der Waals surface area contributed by atoms with E-state index in [1.54, 1.807) is 0 Å². The second-order valence-electron chi connectivity index (χ2n) is 4.62. The summed E-state index contributed by atoms with van der Waals surface area (Å²) in [6, 6.07) is 0.942. The predicted octanol–water partition coefficient (Wildman–Crippen LogP) is 4.26. The Morgan fingerprint density at radius 1 is 1.08 bits per heavy atom. The summed E-state index contributed by atoms with van der Waals surface area (Å²) < 4.78 is 77.4. The molecule has 12 heteroatoms. The molecule has 0 radical (unpaired) electrons. The Kier molecular flexibility index (Phi) is 4.93. The predicted molar refractivity (Wildman–Crippen MR) is 76.3 cm³/mol. The highest BCUT2D eigenvalue weighted by Crippen LogP contribution is 2.38.